The molecule has 1 aliphatic heterocycles. The minimum atomic E-state index is -0.704. The summed E-state index contributed by atoms with van der Waals surface area (Å²) in [5, 5.41) is 16.5. The number of aromatic nitrogens is 1. The van der Waals surface area contributed by atoms with E-state index in [1.165, 1.54) is 0 Å². The van der Waals surface area contributed by atoms with Gasteiger partial charge in [-0.3, -0.25) is 0 Å². The van der Waals surface area contributed by atoms with E-state index in [1.807, 2.05) is 43.3 Å². The lowest BCUT2D eigenvalue weighted by Gasteiger charge is -2.17. The Bertz CT molecular complexity index is 795. The fourth-order valence-corrected chi connectivity index (χ4v) is 2.90. The fourth-order valence-electron chi connectivity index (χ4n) is 2.70. The predicted octanol–water partition coefficient (Wildman–Crippen LogP) is 2.66. The number of rotatable bonds is 4. The summed E-state index contributed by atoms with van der Waals surface area (Å²) in [7, 11) is 0. The molecule has 2 heterocycles. The van der Waals surface area contributed by atoms with E-state index >= 15 is 0 Å². The molecule has 0 radical (unpaired) electrons. The van der Waals surface area contributed by atoms with Gasteiger partial charge >= 0.3 is 0 Å². The van der Waals surface area contributed by atoms with Crippen molar-refractivity contribution in [1.29, 1.82) is 0 Å². The smallest absolute Gasteiger partial charge is 0.271 e. The Morgan fingerprint density at radius 2 is 2.17 bits per heavy atom. The van der Waals surface area contributed by atoms with Crippen molar-refractivity contribution in [3.8, 4) is 11.3 Å². The largest absolute Gasteiger partial charge is 0.349 e. The molecule has 1 aliphatic rings. The summed E-state index contributed by atoms with van der Waals surface area (Å²) in [5.74, 6) is 0.251. The van der Waals surface area contributed by atoms with Crippen LogP contribution in [-0.4, -0.2) is 34.0 Å². The Balaban J connectivity index is 1.88. The van der Waals surface area contributed by atoms with Crippen LogP contribution in [0.3, 0.4) is 0 Å². The second-order valence-corrected chi connectivity index (χ2v) is 5.84. The molecule has 0 atom stereocenters. The average Bonchev–Trinajstić information content (AvgIpc) is 2.97. The molecule has 1 aromatic heterocycles. The zero-order chi connectivity index (χ0) is 17.1. The Labute approximate surface area is 144 Å². The van der Waals surface area contributed by atoms with Gasteiger partial charge in [-0.05, 0) is 18.6 Å². The summed E-state index contributed by atoms with van der Waals surface area (Å²) >= 11 is 6.35. The first-order valence-corrected chi connectivity index (χ1v) is 7.85. The Kier molecular flexibility index (Phi) is 4.61. The summed E-state index contributed by atoms with van der Waals surface area (Å²) in [5.41, 5.74) is 3.65. The maximum Gasteiger partial charge on any atom is 0.271 e. The fraction of sp³-hybridized carbons (Fsp3) is 0.250. The molecule has 2 aromatic rings. The third-order valence-corrected chi connectivity index (χ3v) is 4.12. The minimum Gasteiger partial charge on any atom is -0.349 e. The molecule has 1 aromatic carbocycles. The number of guanidine groups is 1. The van der Waals surface area contributed by atoms with E-state index in [1.54, 1.807) is 4.90 Å². The van der Waals surface area contributed by atoms with Gasteiger partial charge in [0.05, 0.1) is 5.69 Å². The van der Waals surface area contributed by atoms with Crippen LogP contribution < -0.4 is 5.32 Å². The molecule has 3 rings (SSSR count). The molecule has 8 heteroatoms. The monoisotopic (exact) mass is 345 g/mol. The number of hydrogen-bond donors (Lipinski definition) is 1. The summed E-state index contributed by atoms with van der Waals surface area (Å²) in [6, 6.07) is 11.8. The molecular formula is C16H16ClN5O2. The number of halogens is 1. The molecule has 24 heavy (non-hydrogen) atoms. The van der Waals surface area contributed by atoms with Gasteiger partial charge in [-0.15, -0.1) is 0 Å². The lowest BCUT2D eigenvalue weighted by molar-refractivity contribution is -0.485. The third-order valence-electron chi connectivity index (χ3n) is 3.79. The van der Waals surface area contributed by atoms with Gasteiger partial charge in [-0.2, -0.15) is 0 Å². The normalized spacial score (nSPS) is 15.6. The van der Waals surface area contributed by atoms with Crippen LogP contribution in [0.1, 0.15) is 11.1 Å². The van der Waals surface area contributed by atoms with Crippen LogP contribution in [-0.2, 0) is 6.54 Å². The predicted molar refractivity (Wildman–Crippen MR) is 92.3 cm³/mol. The molecule has 1 saturated heterocycles. The van der Waals surface area contributed by atoms with E-state index in [0.717, 1.165) is 22.4 Å². The zero-order valence-electron chi connectivity index (χ0n) is 13.1. The van der Waals surface area contributed by atoms with Gasteiger partial charge in [0.1, 0.15) is 10.3 Å². The highest BCUT2D eigenvalue weighted by Crippen LogP contribution is 2.26. The molecule has 7 nitrogen and oxygen atoms in total. The topological polar surface area (TPSA) is 83.7 Å². The van der Waals surface area contributed by atoms with E-state index in [0.29, 0.717) is 24.8 Å². The van der Waals surface area contributed by atoms with Gasteiger partial charge in [0.2, 0.25) is 0 Å². The maximum atomic E-state index is 10.6. The zero-order valence-corrected chi connectivity index (χ0v) is 13.8. The van der Waals surface area contributed by atoms with Gasteiger partial charge in [-0.1, -0.05) is 41.9 Å². The van der Waals surface area contributed by atoms with E-state index in [-0.39, 0.29) is 5.96 Å². The first-order valence-electron chi connectivity index (χ1n) is 7.48. The molecule has 0 spiro atoms. The molecule has 1 fully saturated rings. The van der Waals surface area contributed by atoms with Crippen molar-refractivity contribution in [2.45, 2.75) is 13.5 Å². The van der Waals surface area contributed by atoms with Crippen molar-refractivity contribution in [3.05, 3.63) is 62.8 Å². The highest BCUT2D eigenvalue weighted by molar-refractivity contribution is 6.30. The molecule has 0 saturated carbocycles. The standard InChI is InChI=1S/C16H16ClN5O2/c1-11-9-13(10-21-8-7-18-16(21)20-22(23)24)15(17)19-14(11)12-5-3-2-4-6-12/h2-6,9H,7-8,10H2,1H3,(H,18,20). The number of hydrazone groups is 1. The van der Waals surface area contributed by atoms with Crippen LogP contribution in [0.25, 0.3) is 11.3 Å². The van der Waals surface area contributed by atoms with Crippen molar-refractivity contribution < 1.29 is 5.03 Å². The van der Waals surface area contributed by atoms with Crippen LogP contribution >= 0.6 is 11.6 Å². The number of pyridine rings is 1. The van der Waals surface area contributed by atoms with Gasteiger partial charge in [-0.25, -0.2) is 15.1 Å². The highest BCUT2D eigenvalue weighted by Gasteiger charge is 2.23. The first kappa shape index (κ1) is 16.2. The second kappa shape index (κ2) is 6.84. The number of aryl methyl sites for hydroxylation is 1. The van der Waals surface area contributed by atoms with E-state index in [9.17, 15) is 10.1 Å². The van der Waals surface area contributed by atoms with Crippen molar-refractivity contribution in [3.63, 3.8) is 0 Å². The minimum absolute atomic E-state index is 0.251. The van der Waals surface area contributed by atoms with E-state index < -0.39 is 5.03 Å². The van der Waals surface area contributed by atoms with Gasteiger partial charge in [0, 0.05) is 30.8 Å². The Morgan fingerprint density at radius 3 is 2.88 bits per heavy atom. The molecule has 0 amide bonds. The summed E-state index contributed by atoms with van der Waals surface area (Å²) in [6.45, 7) is 3.63. The van der Waals surface area contributed by atoms with Crippen molar-refractivity contribution in [2.24, 2.45) is 5.10 Å². The van der Waals surface area contributed by atoms with Crippen LogP contribution in [0.2, 0.25) is 5.15 Å². The molecule has 0 aliphatic carbocycles. The van der Waals surface area contributed by atoms with Crippen molar-refractivity contribution >= 4 is 17.6 Å². The number of nitro groups is 1. The lowest BCUT2D eigenvalue weighted by Crippen LogP contribution is -2.30. The Morgan fingerprint density at radius 1 is 1.42 bits per heavy atom. The van der Waals surface area contributed by atoms with Gasteiger partial charge < -0.3 is 10.2 Å². The SMILES string of the molecule is Cc1cc(CN2CCN/C2=N\[N+](=O)[O-])c(Cl)nc1-c1ccccc1. The molecular weight excluding hydrogens is 330 g/mol. The number of nitrogens with zero attached hydrogens (tertiary/aromatic N) is 4. The van der Waals surface area contributed by atoms with Crippen molar-refractivity contribution in [1.82, 2.24) is 15.2 Å². The van der Waals surface area contributed by atoms with Crippen LogP contribution in [0.4, 0.5) is 0 Å². The van der Waals surface area contributed by atoms with E-state index in [4.69, 9.17) is 11.6 Å². The van der Waals surface area contributed by atoms with Gasteiger partial charge in [0.15, 0.2) is 5.03 Å². The third kappa shape index (κ3) is 3.46. The maximum absolute atomic E-state index is 10.6. The number of hydrogen-bond acceptors (Lipinski definition) is 3. The number of benzene rings is 1. The molecule has 0 unspecified atom stereocenters. The molecule has 124 valence electrons. The second-order valence-electron chi connectivity index (χ2n) is 5.48. The highest BCUT2D eigenvalue weighted by atomic mass is 35.5. The quantitative estimate of drug-likeness (QED) is 0.523. The van der Waals surface area contributed by atoms with Gasteiger partial charge in [0.25, 0.3) is 5.96 Å². The molecule has 1 N–H and O–H groups in total. The van der Waals surface area contributed by atoms with Crippen molar-refractivity contribution in [2.75, 3.05) is 13.1 Å². The number of nitrogens with one attached hydrogen (secondary N) is 1. The van der Waals surface area contributed by atoms with Crippen LogP contribution in [0.15, 0.2) is 41.5 Å². The first-order chi connectivity index (χ1) is 11.5. The average molecular weight is 346 g/mol. The molecule has 0 bridgehead atoms. The summed E-state index contributed by atoms with van der Waals surface area (Å²) in [4.78, 5) is 16.9. The van der Waals surface area contributed by atoms with Crippen LogP contribution in [0.5, 0.6) is 0 Å². The summed E-state index contributed by atoms with van der Waals surface area (Å²) < 4.78 is 0. The Hall–Kier alpha value is -2.67. The van der Waals surface area contributed by atoms with Crippen LogP contribution in [0, 0.1) is 17.0 Å². The lowest BCUT2D eigenvalue weighted by atomic mass is 10.1. The van der Waals surface area contributed by atoms with E-state index in [2.05, 4.69) is 15.4 Å². The summed E-state index contributed by atoms with van der Waals surface area (Å²) in [6.07, 6.45) is 0.